The van der Waals surface area contributed by atoms with Crippen LogP contribution in [0, 0.1) is 3.01 Å². The zero-order valence-electron chi connectivity index (χ0n) is 6.32. The van der Waals surface area contributed by atoms with Crippen molar-refractivity contribution in [1.82, 2.24) is 4.98 Å². The molecular formula is C8H4INO2S. The average molecular weight is 305 g/mol. The van der Waals surface area contributed by atoms with Gasteiger partial charge in [-0.2, -0.15) is 0 Å². The molecule has 1 N–H and O–H groups in total. The lowest BCUT2D eigenvalue weighted by molar-refractivity contribution is 0.0697. The monoisotopic (exact) mass is 305 g/mol. The Morgan fingerprint density at radius 3 is 3.00 bits per heavy atom. The highest BCUT2D eigenvalue weighted by Crippen LogP contribution is 2.24. The van der Waals surface area contributed by atoms with Crippen LogP contribution in [0.2, 0.25) is 0 Å². The molecule has 1 aromatic carbocycles. The molecule has 2 rings (SSSR count). The molecule has 0 bridgehead atoms. The van der Waals surface area contributed by atoms with Crippen molar-refractivity contribution in [2.75, 3.05) is 0 Å². The average Bonchev–Trinajstić information content (AvgIpc) is 2.42. The third kappa shape index (κ3) is 1.66. The Labute approximate surface area is 91.6 Å². The summed E-state index contributed by atoms with van der Waals surface area (Å²) in [6, 6.07) is 4.95. The van der Waals surface area contributed by atoms with Gasteiger partial charge in [0.1, 0.15) is 0 Å². The van der Waals surface area contributed by atoms with Crippen LogP contribution in [0.1, 0.15) is 10.4 Å². The lowest BCUT2D eigenvalue weighted by Crippen LogP contribution is -1.94. The molecule has 0 amide bonds. The van der Waals surface area contributed by atoms with Crippen LogP contribution < -0.4 is 0 Å². The Morgan fingerprint density at radius 2 is 2.31 bits per heavy atom. The molecule has 0 aliphatic rings. The van der Waals surface area contributed by atoms with Crippen molar-refractivity contribution in [1.29, 1.82) is 0 Å². The second-order valence-electron chi connectivity index (χ2n) is 2.45. The van der Waals surface area contributed by atoms with Gasteiger partial charge in [0.2, 0.25) is 0 Å². The maximum absolute atomic E-state index is 10.6. The molecule has 0 fully saturated rings. The molecule has 3 nitrogen and oxygen atoms in total. The molecule has 0 saturated carbocycles. The number of aromatic nitrogens is 1. The summed E-state index contributed by atoms with van der Waals surface area (Å²) in [5.74, 6) is -0.898. The Morgan fingerprint density at radius 1 is 1.54 bits per heavy atom. The predicted octanol–water partition coefficient (Wildman–Crippen LogP) is 2.60. The number of nitrogens with zero attached hydrogens (tertiary/aromatic N) is 1. The summed E-state index contributed by atoms with van der Waals surface area (Å²) < 4.78 is 1.85. The molecule has 5 heteroatoms. The van der Waals surface area contributed by atoms with Crippen molar-refractivity contribution < 1.29 is 9.90 Å². The largest absolute Gasteiger partial charge is 0.478 e. The van der Waals surface area contributed by atoms with Crippen molar-refractivity contribution in [3.05, 3.63) is 26.8 Å². The molecular weight excluding hydrogens is 301 g/mol. The number of thiazole rings is 1. The van der Waals surface area contributed by atoms with Gasteiger partial charge in [-0.25, -0.2) is 9.78 Å². The van der Waals surface area contributed by atoms with E-state index in [0.29, 0.717) is 5.56 Å². The van der Waals surface area contributed by atoms with Gasteiger partial charge in [-0.05, 0) is 40.8 Å². The summed E-state index contributed by atoms with van der Waals surface area (Å²) in [6.07, 6.45) is 0. The van der Waals surface area contributed by atoms with Gasteiger partial charge in [0.25, 0.3) is 0 Å². The van der Waals surface area contributed by atoms with E-state index in [1.165, 1.54) is 11.3 Å². The maximum atomic E-state index is 10.6. The predicted molar refractivity (Wildman–Crippen MR) is 59.3 cm³/mol. The lowest BCUT2D eigenvalue weighted by Gasteiger charge is -1.91. The molecule has 0 aliphatic heterocycles. The van der Waals surface area contributed by atoms with Crippen molar-refractivity contribution in [3.63, 3.8) is 0 Å². The van der Waals surface area contributed by atoms with Crippen LogP contribution in [0.4, 0.5) is 0 Å². The third-order valence-corrected chi connectivity index (χ3v) is 3.32. The second kappa shape index (κ2) is 3.22. The fourth-order valence-corrected chi connectivity index (χ4v) is 2.73. The van der Waals surface area contributed by atoms with Gasteiger partial charge in [-0.3, -0.25) is 0 Å². The van der Waals surface area contributed by atoms with Gasteiger partial charge in [0, 0.05) is 0 Å². The molecule has 2 aromatic rings. The van der Waals surface area contributed by atoms with E-state index in [4.69, 9.17) is 5.11 Å². The fourth-order valence-electron chi connectivity index (χ4n) is 1.03. The van der Waals surface area contributed by atoms with Crippen LogP contribution in [0.15, 0.2) is 18.2 Å². The zero-order valence-corrected chi connectivity index (χ0v) is 9.29. The number of rotatable bonds is 1. The topological polar surface area (TPSA) is 50.2 Å². The standard InChI is InChI=1S/C8H4INO2S/c9-8-10-5-2-1-4(7(11)12)3-6(5)13-8/h1-3H,(H,11,12). The summed E-state index contributed by atoms with van der Waals surface area (Å²) >= 11 is 3.62. The van der Waals surface area contributed by atoms with Gasteiger partial charge >= 0.3 is 5.97 Å². The van der Waals surface area contributed by atoms with Crippen LogP contribution >= 0.6 is 33.9 Å². The highest BCUT2D eigenvalue weighted by Gasteiger charge is 2.06. The summed E-state index contributed by atoms with van der Waals surface area (Å²) in [5, 5.41) is 8.73. The van der Waals surface area contributed by atoms with Gasteiger partial charge in [-0.15, -0.1) is 11.3 Å². The number of carbonyl (C=O) groups is 1. The van der Waals surface area contributed by atoms with E-state index in [-0.39, 0.29) is 0 Å². The van der Waals surface area contributed by atoms with Gasteiger partial charge in [0.05, 0.1) is 15.8 Å². The van der Waals surface area contributed by atoms with E-state index in [0.717, 1.165) is 13.2 Å². The Kier molecular flexibility index (Phi) is 2.20. The van der Waals surface area contributed by atoms with E-state index >= 15 is 0 Å². The van der Waals surface area contributed by atoms with Crippen LogP contribution in [-0.4, -0.2) is 16.1 Å². The second-order valence-corrected chi connectivity index (χ2v) is 5.24. The van der Waals surface area contributed by atoms with Gasteiger partial charge in [0.15, 0.2) is 3.01 Å². The zero-order chi connectivity index (χ0) is 9.42. The number of halogens is 1. The summed E-state index contributed by atoms with van der Waals surface area (Å²) in [5.41, 5.74) is 1.17. The first-order chi connectivity index (χ1) is 6.16. The van der Waals surface area contributed by atoms with E-state index in [9.17, 15) is 4.79 Å². The minimum atomic E-state index is -0.898. The van der Waals surface area contributed by atoms with Crippen molar-refractivity contribution in [2.24, 2.45) is 0 Å². The van der Waals surface area contributed by atoms with Crippen LogP contribution in [0.3, 0.4) is 0 Å². The minimum absolute atomic E-state index is 0.313. The maximum Gasteiger partial charge on any atom is 0.335 e. The van der Waals surface area contributed by atoms with Crippen molar-refractivity contribution >= 4 is 50.1 Å². The molecule has 13 heavy (non-hydrogen) atoms. The number of carboxylic acids is 1. The Bertz CT molecular complexity index is 480. The van der Waals surface area contributed by atoms with E-state index < -0.39 is 5.97 Å². The van der Waals surface area contributed by atoms with Crippen LogP contribution in [-0.2, 0) is 0 Å². The molecule has 1 aromatic heterocycles. The van der Waals surface area contributed by atoms with Crippen LogP contribution in [0.5, 0.6) is 0 Å². The number of fused-ring (bicyclic) bond motifs is 1. The molecule has 0 aliphatic carbocycles. The van der Waals surface area contributed by atoms with Crippen LogP contribution in [0.25, 0.3) is 10.2 Å². The van der Waals surface area contributed by atoms with E-state index in [2.05, 4.69) is 27.6 Å². The van der Waals surface area contributed by atoms with Gasteiger partial charge in [-0.1, -0.05) is 0 Å². The van der Waals surface area contributed by atoms with Crippen molar-refractivity contribution in [3.8, 4) is 0 Å². The first kappa shape index (κ1) is 8.89. The number of hydrogen-bond donors (Lipinski definition) is 1. The number of hydrogen-bond acceptors (Lipinski definition) is 3. The molecule has 0 atom stereocenters. The number of aromatic carboxylic acids is 1. The Balaban J connectivity index is 2.67. The normalized spacial score (nSPS) is 10.5. The molecule has 0 radical (unpaired) electrons. The van der Waals surface area contributed by atoms with E-state index in [1.54, 1.807) is 18.2 Å². The van der Waals surface area contributed by atoms with Gasteiger partial charge < -0.3 is 5.11 Å². The first-order valence-corrected chi connectivity index (χ1v) is 5.36. The minimum Gasteiger partial charge on any atom is -0.478 e. The molecule has 66 valence electrons. The van der Waals surface area contributed by atoms with Crippen molar-refractivity contribution in [2.45, 2.75) is 0 Å². The summed E-state index contributed by atoms with van der Waals surface area (Å²) in [4.78, 5) is 14.9. The summed E-state index contributed by atoms with van der Waals surface area (Å²) in [6.45, 7) is 0. The molecule has 0 spiro atoms. The smallest absolute Gasteiger partial charge is 0.335 e. The first-order valence-electron chi connectivity index (χ1n) is 3.46. The third-order valence-electron chi connectivity index (χ3n) is 1.61. The SMILES string of the molecule is O=C(O)c1ccc2nc(I)sc2c1. The van der Waals surface area contributed by atoms with E-state index in [1.807, 2.05) is 0 Å². The number of benzene rings is 1. The lowest BCUT2D eigenvalue weighted by atomic mass is 10.2. The molecule has 0 saturated heterocycles. The quantitative estimate of drug-likeness (QED) is 0.824. The summed E-state index contributed by atoms with van der Waals surface area (Å²) in [7, 11) is 0. The Hall–Kier alpha value is -0.690. The fraction of sp³-hybridized carbons (Fsp3) is 0. The number of carboxylic acid groups (broad SMARTS) is 1. The highest BCUT2D eigenvalue weighted by atomic mass is 127. The molecule has 0 unspecified atom stereocenters. The molecule has 1 heterocycles. The highest BCUT2D eigenvalue weighted by molar-refractivity contribution is 14.1.